The first-order valence-electron chi connectivity index (χ1n) is 7.55. The van der Waals surface area contributed by atoms with Gasteiger partial charge in [0, 0.05) is 31.4 Å². The lowest BCUT2D eigenvalue weighted by molar-refractivity contribution is 0.442. The number of hydrogen-bond acceptors (Lipinski definition) is 3. The Morgan fingerprint density at radius 1 is 0.952 bits per heavy atom. The molecular formula is C18H19N3. The highest BCUT2D eigenvalue weighted by molar-refractivity contribution is 5.99. The van der Waals surface area contributed by atoms with E-state index in [0.717, 1.165) is 19.0 Å². The van der Waals surface area contributed by atoms with Crippen LogP contribution < -0.4 is 4.90 Å². The first kappa shape index (κ1) is 12.5. The van der Waals surface area contributed by atoms with Gasteiger partial charge in [-0.1, -0.05) is 48.5 Å². The molecule has 2 heterocycles. The van der Waals surface area contributed by atoms with Gasteiger partial charge in [0.2, 0.25) is 5.96 Å². The number of hydrogen-bond donors (Lipinski definition) is 0. The quantitative estimate of drug-likeness (QED) is 0.796. The van der Waals surface area contributed by atoms with Crippen LogP contribution in [0.25, 0.3) is 0 Å². The minimum atomic E-state index is 0.106. The second-order valence-electron chi connectivity index (χ2n) is 5.73. The van der Waals surface area contributed by atoms with E-state index in [1.54, 1.807) is 0 Å². The minimum absolute atomic E-state index is 0.106. The Balaban J connectivity index is 1.88. The summed E-state index contributed by atoms with van der Waals surface area (Å²) < 4.78 is 0. The minimum Gasteiger partial charge on any atom is -0.346 e. The van der Waals surface area contributed by atoms with Crippen molar-refractivity contribution in [1.29, 1.82) is 0 Å². The van der Waals surface area contributed by atoms with E-state index in [0.29, 0.717) is 0 Å². The van der Waals surface area contributed by atoms with E-state index in [4.69, 9.17) is 4.99 Å². The van der Waals surface area contributed by atoms with Gasteiger partial charge in [-0.05, 0) is 18.1 Å². The first-order chi connectivity index (χ1) is 10.3. The van der Waals surface area contributed by atoms with Gasteiger partial charge in [-0.15, -0.1) is 0 Å². The summed E-state index contributed by atoms with van der Waals surface area (Å²) in [5.74, 6) is 1.11. The van der Waals surface area contributed by atoms with Crippen LogP contribution in [0.5, 0.6) is 0 Å². The molecule has 0 saturated carbocycles. The number of rotatable bonds is 1. The van der Waals surface area contributed by atoms with E-state index >= 15 is 0 Å². The zero-order valence-electron chi connectivity index (χ0n) is 12.2. The summed E-state index contributed by atoms with van der Waals surface area (Å²) in [7, 11) is 2.14. The molecule has 106 valence electrons. The molecule has 3 nitrogen and oxygen atoms in total. The van der Waals surface area contributed by atoms with E-state index < -0.39 is 0 Å². The summed E-state index contributed by atoms with van der Waals surface area (Å²) in [6.07, 6.45) is 1.18. The van der Waals surface area contributed by atoms with Crippen LogP contribution in [-0.2, 0) is 0 Å². The molecule has 0 bridgehead atoms. The van der Waals surface area contributed by atoms with Crippen molar-refractivity contribution in [2.75, 3.05) is 25.0 Å². The molecule has 3 heteroatoms. The van der Waals surface area contributed by atoms with Gasteiger partial charge in [0.25, 0.3) is 0 Å². The van der Waals surface area contributed by atoms with Crippen molar-refractivity contribution in [3.05, 3.63) is 65.7 Å². The van der Waals surface area contributed by atoms with Gasteiger partial charge in [-0.2, -0.15) is 0 Å². The fraction of sp³-hybridized carbons (Fsp3) is 0.278. The Labute approximate surface area is 125 Å². The van der Waals surface area contributed by atoms with Gasteiger partial charge in [0.15, 0.2) is 0 Å². The van der Waals surface area contributed by atoms with Gasteiger partial charge in [-0.3, -0.25) is 0 Å². The molecule has 1 fully saturated rings. The number of guanidine groups is 1. The lowest BCUT2D eigenvalue weighted by Crippen LogP contribution is -2.50. The van der Waals surface area contributed by atoms with Gasteiger partial charge in [0.05, 0.1) is 0 Å². The molecule has 1 atom stereocenters. The lowest BCUT2D eigenvalue weighted by Gasteiger charge is -2.42. The van der Waals surface area contributed by atoms with Crippen molar-refractivity contribution >= 4 is 11.6 Å². The predicted octanol–water partition coefficient (Wildman–Crippen LogP) is 3.29. The molecule has 21 heavy (non-hydrogen) atoms. The average molecular weight is 277 g/mol. The van der Waals surface area contributed by atoms with E-state index in [1.165, 1.54) is 23.2 Å². The third kappa shape index (κ3) is 2.00. The second kappa shape index (κ2) is 4.92. The van der Waals surface area contributed by atoms with Crippen LogP contribution in [0.15, 0.2) is 59.6 Å². The monoisotopic (exact) mass is 277 g/mol. The largest absolute Gasteiger partial charge is 0.346 e. The fourth-order valence-electron chi connectivity index (χ4n) is 3.31. The van der Waals surface area contributed by atoms with Crippen molar-refractivity contribution in [1.82, 2.24) is 4.90 Å². The summed E-state index contributed by atoms with van der Waals surface area (Å²) in [6, 6.07) is 19.4. The van der Waals surface area contributed by atoms with Crippen molar-refractivity contribution in [3.8, 4) is 0 Å². The molecule has 0 amide bonds. The van der Waals surface area contributed by atoms with Crippen molar-refractivity contribution in [2.24, 2.45) is 4.99 Å². The van der Waals surface area contributed by atoms with Gasteiger partial charge in [0.1, 0.15) is 6.04 Å². The zero-order chi connectivity index (χ0) is 14.2. The molecule has 0 aliphatic carbocycles. The van der Waals surface area contributed by atoms with Crippen LogP contribution in [-0.4, -0.2) is 31.0 Å². The van der Waals surface area contributed by atoms with Crippen LogP contribution in [0.4, 0.5) is 5.69 Å². The Morgan fingerprint density at radius 2 is 1.71 bits per heavy atom. The zero-order valence-corrected chi connectivity index (χ0v) is 12.2. The maximum absolute atomic E-state index is 5.06. The third-order valence-corrected chi connectivity index (χ3v) is 4.34. The number of benzene rings is 2. The van der Waals surface area contributed by atoms with Gasteiger partial charge < -0.3 is 9.80 Å². The van der Waals surface area contributed by atoms with Gasteiger partial charge >= 0.3 is 0 Å². The molecule has 1 unspecified atom stereocenters. The molecule has 1 saturated heterocycles. The highest BCUT2D eigenvalue weighted by Gasteiger charge is 2.31. The number of fused-ring (bicyclic) bond motifs is 3. The summed E-state index contributed by atoms with van der Waals surface area (Å²) >= 11 is 0. The van der Waals surface area contributed by atoms with E-state index in [2.05, 4.69) is 71.4 Å². The van der Waals surface area contributed by atoms with Crippen LogP contribution in [0.3, 0.4) is 0 Å². The Kier molecular flexibility index (Phi) is 2.92. The highest BCUT2D eigenvalue weighted by Crippen LogP contribution is 2.38. The Morgan fingerprint density at radius 3 is 2.57 bits per heavy atom. The highest BCUT2D eigenvalue weighted by atomic mass is 15.4. The van der Waals surface area contributed by atoms with E-state index in [-0.39, 0.29) is 6.04 Å². The maximum Gasteiger partial charge on any atom is 0.201 e. The Bertz CT molecular complexity index is 678. The molecule has 2 aliphatic heterocycles. The topological polar surface area (TPSA) is 18.8 Å². The summed E-state index contributed by atoms with van der Waals surface area (Å²) in [5.41, 5.74) is 3.88. The molecule has 2 aromatic carbocycles. The fourth-order valence-corrected chi connectivity index (χ4v) is 3.31. The molecular weight excluding hydrogens is 258 g/mol. The molecule has 4 rings (SSSR count). The SMILES string of the molecule is CN1CCCN2C1=NC(c1ccccc1)c1ccccc12. The molecule has 0 aromatic heterocycles. The third-order valence-electron chi connectivity index (χ3n) is 4.34. The lowest BCUT2D eigenvalue weighted by atomic mass is 9.95. The molecule has 2 aliphatic rings. The van der Waals surface area contributed by atoms with E-state index in [9.17, 15) is 0 Å². The van der Waals surface area contributed by atoms with E-state index in [1.807, 2.05) is 0 Å². The van der Waals surface area contributed by atoms with Crippen molar-refractivity contribution < 1.29 is 0 Å². The predicted molar refractivity (Wildman–Crippen MR) is 86.8 cm³/mol. The number of anilines is 1. The second-order valence-corrected chi connectivity index (χ2v) is 5.73. The summed E-state index contributed by atoms with van der Waals surface area (Å²) in [5, 5.41) is 0. The standard InChI is InChI=1S/C18H19N3/c1-20-12-7-13-21-16-11-6-5-10-15(16)17(19-18(20)21)14-8-3-2-4-9-14/h2-6,8-11,17H,7,12-13H2,1H3. The number of aliphatic imine (C=N–C) groups is 1. The summed E-state index contributed by atoms with van der Waals surface area (Å²) in [4.78, 5) is 9.70. The van der Waals surface area contributed by atoms with Crippen LogP contribution in [0.2, 0.25) is 0 Å². The number of para-hydroxylation sites is 1. The average Bonchev–Trinajstić information content (AvgIpc) is 2.55. The Hall–Kier alpha value is -2.29. The molecule has 0 N–H and O–H groups in total. The van der Waals surface area contributed by atoms with Crippen LogP contribution in [0.1, 0.15) is 23.6 Å². The first-order valence-corrected chi connectivity index (χ1v) is 7.55. The smallest absolute Gasteiger partial charge is 0.201 e. The van der Waals surface area contributed by atoms with Crippen LogP contribution >= 0.6 is 0 Å². The maximum atomic E-state index is 5.06. The molecule has 2 aromatic rings. The van der Waals surface area contributed by atoms with Crippen molar-refractivity contribution in [2.45, 2.75) is 12.5 Å². The van der Waals surface area contributed by atoms with Crippen LogP contribution in [0, 0.1) is 0 Å². The molecule has 0 radical (unpaired) electrons. The summed E-state index contributed by atoms with van der Waals surface area (Å²) in [6.45, 7) is 2.14. The molecule has 0 spiro atoms. The number of nitrogens with zero attached hydrogens (tertiary/aromatic N) is 3. The van der Waals surface area contributed by atoms with Gasteiger partial charge in [-0.25, -0.2) is 4.99 Å². The van der Waals surface area contributed by atoms with Crippen molar-refractivity contribution in [3.63, 3.8) is 0 Å². The normalized spacial score (nSPS) is 20.6.